The van der Waals surface area contributed by atoms with Crippen LogP contribution in [0.5, 0.6) is 5.75 Å². The summed E-state index contributed by atoms with van der Waals surface area (Å²) in [7, 11) is 1.53. The molecule has 0 bridgehead atoms. The largest absolute Gasteiger partial charge is 0.496 e. The van der Waals surface area contributed by atoms with E-state index in [1.54, 1.807) is 6.07 Å². The molecule has 0 saturated carbocycles. The zero-order chi connectivity index (χ0) is 16.1. The van der Waals surface area contributed by atoms with E-state index in [-0.39, 0.29) is 12.2 Å². The SMILES string of the molecule is COc1ccccc1CNC(CO)c1cc(F)c(F)c(F)c1. The molecular formula is C16H16F3NO2. The number of hydrogen-bond donors (Lipinski definition) is 2. The molecule has 0 radical (unpaired) electrons. The second kappa shape index (κ2) is 7.29. The highest BCUT2D eigenvalue weighted by Gasteiger charge is 2.17. The maximum Gasteiger partial charge on any atom is 0.194 e. The molecule has 0 aromatic heterocycles. The number of aliphatic hydroxyl groups is 1. The van der Waals surface area contributed by atoms with Crippen molar-refractivity contribution in [3.63, 3.8) is 0 Å². The van der Waals surface area contributed by atoms with Crippen molar-refractivity contribution < 1.29 is 23.0 Å². The molecule has 6 heteroatoms. The highest BCUT2D eigenvalue weighted by atomic mass is 19.2. The maximum absolute atomic E-state index is 13.3. The third-order valence-corrected chi connectivity index (χ3v) is 3.32. The fourth-order valence-corrected chi connectivity index (χ4v) is 2.15. The summed E-state index contributed by atoms with van der Waals surface area (Å²) in [5.74, 6) is -3.44. The summed E-state index contributed by atoms with van der Waals surface area (Å²) in [6.07, 6.45) is 0. The number of halogens is 3. The fourth-order valence-electron chi connectivity index (χ4n) is 2.15. The lowest BCUT2D eigenvalue weighted by atomic mass is 10.1. The van der Waals surface area contributed by atoms with Crippen molar-refractivity contribution in [3.05, 3.63) is 65.0 Å². The Morgan fingerprint density at radius 3 is 2.36 bits per heavy atom. The maximum atomic E-state index is 13.3. The van der Waals surface area contributed by atoms with Gasteiger partial charge in [-0.2, -0.15) is 0 Å². The standard InChI is InChI=1S/C16H16F3NO2/c1-22-15-5-3-2-4-10(15)8-20-14(9-21)11-6-12(17)16(19)13(18)7-11/h2-7,14,20-21H,8-9H2,1H3. The minimum atomic E-state index is -1.52. The van der Waals surface area contributed by atoms with Gasteiger partial charge in [-0.15, -0.1) is 0 Å². The number of aliphatic hydroxyl groups excluding tert-OH is 1. The summed E-state index contributed by atoms with van der Waals surface area (Å²) in [4.78, 5) is 0. The molecule has 0 fully saturated rings. The van der Waals surface area contributed by atoms with Crippen LogP contribution in [0, 0.1) is 17.5 Å². The zero-order valence-corrected chi connectivity index (χ0v) is 11.9. The molecule has 2 aromatic rings. The second-order valence-corrected chi connectivity index (χ2v) is 4.73. The average molecular weight is 311 g/mol. The van der Waals surface area contributed by atoms with E-state index in [0.29, 0.717) is 12.3 Å². The molecule has 0 aliphatic heterocycles. The van der Waals surface area contributed by atoms with Crippen molar-refractivity contribution in [2.75, 3.05) is 13.7 Å². The Morgan fingerprint density at radius 2 is 1.77 bits per heavy atom. The minimum Gasteiger partial charge on any atom is -0.496 e. The van der Waals surface area contributed by atoms with Gasteiger partial charge < -0.3 is 15.2 Å². The van der Waals surface area contributed by atoms with Crippen molar-refractivity contribution in [1.82, 2.24) is 5.32 Å². The van der Waals surface area contributed by atoms with Gasteiger partial charge in [-0.25, -0.2) is 13.2 Å². The van der Waals surface area contributed by atoms with Crippen molar-refractivity contribution in [2.24, 2.45) is 0 Å². The van der Waals surface area contributed by atoms with Crippen molar-refractivity contribution >= 4 is 0 Å². The molecule has 3 nitrogen and oxygen atoms in total. The Bertz CT molecular complexity index is 626. The monoisotopic (exact) mass is 311 g/mol. The lowest BCUT2D eigenvalue weighted by molar-refractivity contribution is 0.242. The number of para-hydroxylation sites is 1. The van der Waals surface area contributed by atoms with Crippen LogP contribution < -0.4 is 10.1 Å². The van der Waals surface area contributed by atoms with Crippen LogP contribution in [-0.2, 0) is 6.54 Å². The van der Waals surface area contributed by atoms with Crippen LogP contribution in [0.2, 0.25) is 0 Å². The van der Waals surface area contributed by atoms with E-state index in [1.807, 2.05) is 18.2 Å². The lowest BCUT2D eigenvalue weighted by Crippen LogP contribution is -2.24. The van der Waals surface area contributed by atoms with Gasteiger partial charge in [0, 0.05) is 12.1 Å². The molecular weight excluding hydrogens is 295 g/mol. The van der Waals surface area contributed by atoms with Gasteiger partial charge in [0.25, 0.3) is 0 Å². The Kier molecular flexibility index (Phi) is 5.41. The summed E-state index contributed by atoms with van der Waals surface area (Å²) < 4.78 is 44.7. The summed E-state index contributed by atoms with van der Waals surface area (Å²) in [5.41, 5.74) is 0.959. The molecule has 0 saturated heterocycles. The normalized spacial score (nSPS) is 12.2. The molecule has 2 rings (SSSR count). The third kappa shape index (κ3) is 3.58. The Balaban J connectivity index is 2.16. The van der Waals surface area contributed by atoms with E-state index in [4.69, 9.17) is 4.74 Å². The van der Waals surface area contributed by atoms with Crippen LogP contribution in [-0.4, -0.2) is 18.8 Å². The molecule has 2 aromatic carbocycles. The Morgan fingerprint density at radius 1 is 1.14 bits per heavy atom. The van der Waals surface area contributed by atoms with Crippen LogP contribution in [0.15, 0.2) is 36.4 Å². The van der Waals surface area contributed by atoms with Gasteiger partial charge in [-0.1, -0.05) is 18.2 Å². The van der Waals surface area contributed by atoms with Crippen molar-refractivity contribution in [2.45, 2.75) is 12.6 Å². The molecule has 0 amide bonds. The predicted octanol–water partition coefficient (Wildman–Crippen LogP) is 2.94. The van der Waals surface area contributed by atoms with Crippen LogP contribution in [0.25, 0.3) is 0 Å². The molecule has 1 unspecified atom stereocenters. The molecule has 0 aliphatic rings. The van der Waals surface area contributed by atoms with Crippen LogP contribution in [0.1, 0.15) is 17.2 Å². The Hall–Kier alpha value is -2.05. The molecule has 1 atom stereocenters. The average Bonchev–Trinajstić information content (AvgIpc) is 2.53. The summed E-state index contributed by atoms with van der Waals surface area (Å²) >= 11 is 0. The van der Waals surface area contributed by atoms with Gasteiger partial charge in [-0.05, 0) is 23.8 Å². The smallest absolute Gasteiger partial charge is 0.194 e. The van der Waals surface area contributed by atoms with Crippen LogP contribution in [0.4, 0.5) is 13.2 Å². The van der Waals surface area contributed by atoms with Gasteiger partial charge in [-0.3, -0.25) is 0 Å². The molecule has 0 spiro atoms. The highest BCUT2D eigenvalue weighted by Crippen LogP contribution is 2.21. The zero-order valence-electron chi connectivity index (χ0n) is 11.9. The number of hydrogen-bond acceptors (Lipinski definition) is 3. The highest BCUT2D eigenvalue weighted by molar-refractivity contribution is 5.33. The number of methoxy groups -OCH3 is 1. The molecule has 22 heavy (non-hydrogen) atoms. The number of rotatable bonds is 6. The quantitative estimate of drug-likeness (QED) is 0.806. The van der Waals surface area contributed by atoms with Gasteiger partial charge in [0.15, 0.2) is 17.5 Å². The van der Waals surface area contributed by atoms with Crippen molar-refractivity contribution in [3.8, 4) is 5.75 Å². The number of benzene rings is 2. The summed E-state index contributed by atoms with van der Waals surface area (Å²) in [6, 6.07) is 8.26. The lowest BCUT2D eigenvalue weighted by Gasteiger charge is -2.18. The third-order valence-electron chi connectivity index (χ3n) is 3.32. The van der Waals surface area contributed by atoms with E-state index >= 15 is 0 Å². The molecule has 2 N–H and O–H groups in total. The fraction of sp³-hybridized carbons (Fsp3) is 0.250. The van der Waals surface area contributed by atoms with Gasteiger partial charge >= 0.3 is 0 Å². The molecule has 0 heterocycles. The van der Waals surface area contributed by atoms with E-state index in [9.17, 15) is 18.3 Å². The minimum absolute atomic E-state index is 0.133. The molecule has 118 valence electrons. The Labute approximate surface area is 126 Å². The van der Waals surface area contributed by atoms with E-state index in [0.717, 1.165) is 17.7 Å². The number of nitrogens with one attached hydrogen (secondary N) is 1. The number of ether oxygens (including phenoxy) is 1. The summed E-state index contributed by atoms with van der Waals surface area (Å²) in [5, 5.41) is 12.4. The first-order chi connectivity index (χ1) is 10.6. The van der Waals surface area contributed by atoms with Crippen molar-refractivity contribution in [1.29, 1.82) is 0 Å². The van der Waals surface area contributed by atoms with Gasteiger partial charge in [0.2, 0.25) is 0 Å². The van der Waals surface area contributed by atoms with E-state index < -0.39 is 23.5 Å². The first kappa shape index (κ1) is 16.3. The van der Waals surface area contributed by atoms with Gasteiger partial charge in [0.05, 0.1) is 19.8 Å². The predicted molar refractivity (Wildman–Crippen MR) is 76.0 cm³/mol. The topological polar surface area (TPSA) is 41.5 Å². The molecule has 0 aliphatic carbocycles. The second-order valence-electron chi connectivity index (χ2n) is 4.73. The van der Waals surface area contributed by atoms with Crippen LogP contribution in [0.3, 0.4) is 0 Å². The first-order valence-corrected chi connectivity index (χ1v) is 6.67. The van der Waals surface area contributed by atoms with E-state index in [2.05, 4.69) is 5.32 Å². The van der Waals surface area contributed by atoms with Crippen LogP contribution >= 0.6 is 0 Å². The van der Waals surface area contributed by atoms with E-state index in [1.165, 1.54) is 7.11 Å². The first-order valence-electron chi connectivity index (χ1n) is 6.67. The van der Waals surface area contributed by atoms with Gasteiger partial charge in [0.1, 0.15) is 5.75 Å². The summed E-state index contributed by atoms with van der Waals surface area (Å²) in [6.45, 7) is -0.0739.